The molecular formula is C26H39N3O4. The maximum absolute atomic E-state index is 13.7. The van der Waals surface area contributed by atoms with E-state index in [9.17, 15) is 19.5 Å². The molecule has 1 aliphatic heterocycles. The van der Waals surface area contributed by atoms with Crippen molar-refractivity contribution in [1.29, 1.82) is 0 Å². The number of nitrogens with zero attached hydrogens (tertiary/aromatic N) is 2. The Bertz CT molecular complexity index is 916. The summed E-state index contributed by atoms with van der Waals surface area (Å²) in [5, 5.41) is 12.3. The topological polar surface area (TPSA) is 90.0 Å². The predicted molar refractivity (Wildman–Crippen MR) is 130 cm³/mol. The van der Waals surface area contributed by atoms with Gasteiger partial charge in [-0.1, -0.05) is 65.0 Å². The molecule has 0 aromatic heterocycles. The Labute approximate surface area is 197 Å². The Morgan fingerprint density at radius 2 is 1.82 bits per heavy atom. The molecule has 33 heavy (non-hydrogen) atoms. The summed E-state index contributed by atoms with van der Waals surface area (Å²) in [5.74, 6) is -1.46. The fourth-order valence-corrected chi connectivity index (χ4v) is 4.33. The summed E-state index contributed by atoms with van der Waals surface area (Å²) in [6.07, 6.45) is 2.49. The van der Waals surface area contributed by atoms with Gasteiger partial charge in [-0.25, -0.2) is 4.79 Å². The van der Waals surface area contributed by atoms with Crippen LogP contribution in [0.4, 0.5) is 0 Å². The zero-order chi connectivity index (χ0) is 25.1. The summed E-state index contributed by atoms with van der Waals surface area (Å²) in [4.78, 5) is 42.1. The highest BCUT2D eigenvalue weighted by Gasteiger charge is 2.40. The van der Waals surface area contributed by atoms with Crippen LogP contribution < -0.4 is 5.32 Å². The molecule has 182 valence electrons. The van der Waals surface area contributed by atoms with E-state index < -0.39 is 29.5 Å². The van der Waals surface area contributed by atoms with Crippen molar-refractivity contribution in [2.24, 2.45) is 11.3 Å². The zero-order valence-electron chi connectivity index (χ0n) is 21.2. The normalized spacial score (nSPS) is 18.9. The largest absolute Gasteiger partial charge is 0.478 e. The number of benzene rings is 1. The molecule has 0 radical (unpaired) electrons. The number of hydrogen-bond acceptors (Lipinski definition) is 4. The average Bonchev–Trinajstić information content (AvgIpc) is 2.73. The molecule has 1 heterocycles. The van der Waals surface area contributed by atoms with Crippen molar-refractivity contribution in [1.82, 2.24) is 15.1 Å². The minimum absolute atomic E-state index is 0.000856. The van der Waals surface area contributed by atoms with Gasteiger partial charge in [0.1, 0.15) is 12.1 Å². The molecule has 1 aliphatic rings. The number of nitrogens with one attached hydrogen (secondary N) is 1. The summed E-state index contributed by atoms with van der Waals surface area (Å²) in [7, 11) is 3.60. The van der Waals surface area contributed by atoms with Gasteiger partial charge in [-0.3, -0.25) is 14.5 Å². The van der Waals surface area contributed by atoms with E-state index in [0.717, 1.165) is 24.1 Å². The summed E-state index contributed by atoms with van der Waals surface area (Å²) in [6, 6.07) is 6.30. The van der Waals surface area contributed by atoms with Gasteiger partial charge in [-0.15, -0.1) is 0 Å². The smallest absolute Gasteiger partial charge is 0.331 e. The molecule has 0 bridgehead atoms. The van der Waals surface area contributed by atoms with E-state index in [1.54, 1.807) is 18.0 Å². The standard InChI is InChI=1S/C26H39N3O4/c1-16(2)20(15-17(3)25(32)33)29(8)24(31)22(26(4,5)6)27-23(30)21-19-12-10-9-11-18(19)13-14-28(21)7/h9-12,15-16,20-22H,13-14H2,1-8H3,(H,27,30)(H,32,33)/b17-15+/t20?,21?,22-/m1/s1. The fourth-order valence-electron chi connectivity index (χ4n) is 4.33. The molecule has 0 aliphatic carbocycles. The van der Waals surface area contributed by atoms with E-state index in [0.29, 0.717) is 0 Å². The van der Waals surface area contributed by atoms with Crippen molar-refractivity contribution >= 4 is 17.8 Å². The second kappa shape index (κ2) is 10.5. The molecule has 2 amide bonds. The molecule has 7 heteroatoms. The number of amides is 2. The average molecular weight is 458 g/mol. The van der Waals surface area contributed by atoms with Crippen LogP contribution in [0.3, 0.4) is 0 Å². The first-order chi connectivity index (χ1) is 15.3. The lowest BCUT2D eigenvalue weighted by atomic mass is 9.84. The monoisotopic (exact) mass is 457 g/mol. The Morgan fingerprint density at radius 3 is 2.36 bits per heavy atom. The van der Waals surface area contributed by atoms with Gasteiger partial charge >= 0.3 is 5.97 Å². The van der Waals surface area contributed by atoms with Gasteiger partial charge in [0.15, 0.2) is 0 Å². The van der Waals surface area contributed by atoms with Crippen molar-refractivity contribution in [3.63, 3.8) is 0 Å². The summed E-state index contributed by atoms with van der Waals surface area (Å²) in [5.41, 5.74) is 1.77. The summed E-state index contributed by atoms with van der Waals surface area (Å²) in [6.45, 7) is 11.9. The van der Waals surface area contributed by atoms with Gasteiger partial charge in [-0.2, -0.15) is 0 Å². The molecule has 0 saturated carbocycles. The highest BCUT2D eigenvalue weighted by Crippen LogP contribution is 2.30. The van der Waals surface area contributed by atoms with Gasteiger partial charge in [0.25, 0.3) is 0 Å². The van der Waals surface area contributed by atoms with E-state index in [1.165, 1.54) is 6.92 Å². The Hall–Kier alpha value is -2.67. The summed E-state index contributed by atoms with van der Waals surface area (Å²) >= 11 is 0. The number of carboxylic acid groups (broad SMARTS) is 1. The van der Waals surface area contributed by atoms with Gasteiger partial charge < -0.3 is 15.3 Å². The van der Waals surface area contributed by atoms with Gasteiger partial charge in [0.05, 0.1) is 6.04 Å². The lowest BCUT2D eigenvalue weighted by molar-refractivity contribution is -0.141. The number of fused-ring (bicyclic) bond motifs is 1. The van der Waals surface area contributed by atoms with Crippen LogP contribution in [-0.2, 0) is 20.8 Å². The SMILES string of the molecule is C/C(=C\C(C(C)C)N(C)C(=O)[C@@H](NC(=O)C1c2ccccc2CCN1C)C(C)(C)C)C(=O)O. The van der Waals surface area contributed by atoms with E-state index in [1.807, 2.05) is 70.8 Å². The van der Waals surface area contributed by atoms with E-state index in [-0.39, 0.29) is 23.3 Å². The van der Waals surface area contributed by atoms with Crippen LogP contribution in [0, 0.1) is 11.3 Å². The first-order valence-corrected chi connectivity index (χ1v) is 11.5. The van der Waals surface area contributed by atoms with Crippen LogP contribution in [0.2, 0.25) is 0 Å². The lowest BCUT2D eigenvalue weighted by Crippen LogP contribution is -2.58. The zero-order valence-corrected chi connectivity index (χ0v) is 21.2. The van der Waals surface area contributed by atoms with Gasteiger partial charge in [0, 0.05) is 19.2 Å². The molecule has 0 saturated heterocycles. The molecule has 2 N–H and O–H groups in total. The number of hydrogen-bond donors (Lipinski definition) is 2. The Morgan fingerprint density at radius 1 is 1.21 bits per heavy atom. The minimum atomic E-state index is -1.01. The number of likely N-dealkylation sites (N-methyl/N-ethyl adjacent to an activating group) is 2. The third-order valence-electron chi connectivity index (χ3n) is 6.41. The second-order valence-electron chi connectivity index (χ2n) is 10.5. The number of carbonyl (C=O) groups is 3. The van der Waals surface area contributed by atoms with Crippen LogP contribution in [0.15, 0.2) is 35.9 Å². The van der Waals surface area contributed by atoms with Crippen molar-refractivity contribution < 1.29 is 19.5 Å². The van der Waals surface area contributed by atoms with Crippen molar-refractivity contribution in [2.45, 2.75) is 66.1 Å². The molecular weight excluding hydrogens is 418 g/mol. The van der Waals surface area contributed by atoms with Crippen molar-refractivity contribution in [3.05, 3.63) is 47.0 Å². The molecule has 0 spiro atoms. The lowest BCUT2D eigenvalue weighted by Gasteiger charge is -2.39. The minimum Gasteiger partial charge on any atom is -0.478 e. The highest BCUT2D eigenvalue weighted by molar-refractivity contribution is 5.91. The van der Waals surface area contributed by atoms with E-state index >= 15 is 0 Å². The predicted octanol–water partition coefficient (Wildman–Crippen LogP) is 3.26. The molecule has 3 atom stereocenters. The first-order valence-electron chi connectivity index (χ1n) is 11.5. The Balaban J connectivity index is 2.35. The van der Waals surface area contributed by atoms with Crippen LogP contribution in [0.5, 0.6) is 0 Å². The molecule has 1 aromatic carbocycles. The van der Waals surface area contributed by atoms with E-state index in [2.05, 4.69) is 5.32 Å². The first kappa shape index (κ1) is 26.6. The van der Waals surface area contributed by atoms with Crippen LogP contribution in [-0.4, -0.2) is 65.4 Å². The highest BCUT2D eigenvalue weighted by atomic mass is 16.4. The molecule has 0 fully saturated rings. The number of aliphatic carboxylic acids is 1. The molecule has 1 aromatic rings. The van der Waals surface area contributed by atoms with E-state index in [4.69, 9.17) is 0 Å². The maximum Gasteiger partial charge on any atom is 0.331 e. The van der Waals surface area contributed by atoms with Crippen LogP contribution in [0.25, 0.3) is 0 Å². The molecule has 2 unspecified atom stereocenters. The number of carbonyl (C=O) groups excluding carboxylic acids is 2. The van der Waals surface area contributed by atoms with Crippen LogP contribution in [0.1, 0.15) is 58.7 Å². The van der Waals surface area contributed by atoms with Crippen LogP contribution >= 0.6 is 0 Å². The Kier molecular flexibility index (Phi) is 8.46. The molecule has 7 nitrogen and oxygen atoms in total. The number of carboxylic acids is 1. The maximum atomic E-state index is 13.7. The third kappa shape index (κ3) is 6.22. The summed E-state index contributed by atoms with van der Waals surface area (Å²) < 4.78 is 0. The van der Waals surface area contributed by atoms with Gasteiger partial charge in [0.2, 0.25) is 11.8 Å². The van der Waals surface area contributed by atoms with Gasteiger partial charge in [-0.05, 0) is 42.9 Å². The fraction of sp³-hybridized carbons (Fsp3) is 0.577. The van der Waals surface area contributed by atoms with Crippen molar-refractivity contribution in [3.8, 4) is 0 Å². The third-order valence-corrected chi connectivity index (χ3v) is 6.41. The molecule has 2 rings (SSSR count). The second-order valence-corrected chi connectivity index (χ2v) is 10.5. The number of rotatable bonds is 7. The van der Waals surface area contributed by atoms with Crippen molar-refractivity contribution in [2.75, 3.05) is 20.6 Å². The quantitative estimate of drug-likeness (QED) is 0.614.